The zero-order valence-electron chi connectivity index (χ0n) is 10.9. The van der Waals surface area contributed by atoms with E-state index >= 15 is 0 Å². The zero-order valence-corrected chi connectivity index (χ0v) is 10.9. The Labute approximate surface area is 109 Å². The van der Waals surface area contributed by atoms with Crippen LogP contribution in [0.3, 0.4) is 0 Å². The first kappa shape index (κ1) is 13.9. The van der Waals surface area contributed by atoms with Crippen LogP contribution in [0.25, 0.3) is 0 Å². The fraction of sp³-hybridized carbons (Fsp3) is 0.667. The second-order valence-corrected chi connectivity index (χ2v) is 4.85. The van der Waals surface area contributed by atoms with E-state index in [9.17, 15) is 13.2 Å². The van der Waals surface area contributed by atoms with Gasteiger partial charge in [0.15, 0.2) is 5.69 Å². The molecular weight excluding hydrogens is 257 g/mol. The van der Waals surface area contributed by atoms with Crippen molar-refractivity contribution in [1.29, 1.82) is 0 Å². The summed E-state index contributed by atoms with van der Waals surface area (Å²) in [7, 11) is 0. The topological polar surface area (TPSA) is 49.8 Å². The third-order valence-corrected chi connectivity index (χ3v) is 2.99. The molecule has 0 amide bonds. The summed E-state index contributed by atoms with van der Waals surface area (Å²) < 4.78 is 38.3. The minimum Gasteiger partial charge on any atom is -0.367 e. The molecule has 2 atom stereocenters. The van der Waals surface area contributed by atoms with Crippen molar-refractivity contribution in [3.63, 3.8) is 0 Å². The number of rotatable bonds is 5. The number of halogens is 3. The van der Waals surface area contributed by atoms with E-state index in [1.807, 2.05) is 13.8 Å². The highest BCUT2D eigenvalue weighted by Gasteiger charge is 2.36. The number of aromatic nitrogens is 2. The van der Waals surface area contributed by atoms with Gasteiger partial charge in [-0.15, -0.1) is 0 Å². The van der Waals surface area contributed by atoms with E-state index in [0.717, 1.165) is 18.9 Å². The van der Waals surface area contributed by atoms with Gasteiger partial charge in [-0.2, -0.15) is 18.2 Å². The Bertz CT molecular complexity index is 447. The van der Waals surface area contributed by atoms with Crippen LogP contribution < -0.4 is 10.6 Å². The fourth-order valence-electron chi connectivity index (χ4n) is 1.70. The van der Waals surface area contributed by atoms with Gasteiger partial charge < -0.3 is 10.6 Å². The van der Waals surface area contributed by atoms with Gasteiger partial charge in [0.25, 0.3) is 0 Å². The molecule has 4 nitrogen and oxygen atoms in total. The molecule has 1 aromatic rings. The number of alkyl halides is 3. The van der Waals surface area contributed by atoms with Gasteiger partial charge in [-0.1, -0.05) is 13.8 Å². The van der Waals surface area contributed by atoms with Crippen molar-refractivity contribution in [2.75, 3.05) is 17.2 Å². The molecule has 2 N–H and O–H groups in total. The third-order valence-electron chi connectivity index (χ3n) is 2.99. The zero-order chi connectivity index (χ0) is 14.0. The summed E-state index contributed by atoms with van der Waals surface area (Å²) in [4.78, 5) is 7.57. The van der Waals surface area contributed by atoms with Crippen LogP contribution in [0.5, 0.6) is 0 Å². The lowest BCUT2D eigenvalue weighted by Gasteiger charge is -2.12. The van der Waals surface area contributed by atoms with Crippen LogP contribution in [-0.2, 0) is 6.18 Å². The summed E-state index contributed by atoms with van der Waals surface area (Å²) in [6, 6.07) is 1.18. The van der Waals surface area contributed by atoms with Crippen molar-refractivity contribution >= 4 is 11.8 Å². The van der Waals surface area contributed by atoms with Crippen molar-refractivity contribution in [3.8, 4) is 0 Å². The van der Waals surface area contributed by atoms with Crippen LogP contribution >= 0.6 is 0 Å². The average Bonchev–Trinajstić information content (AvgIpc) is 3.01. The highest BCUT2D eigenvalue weighted by molar-refractivity contribution is 5.45. The predicted octanol–water partition coefficient (Wildman–Crippen LogP) is 3.14. The van der Waals surface area contributed by atoms with E-state index < -0.39 is 11.9 Å². The molecule has 0 spiro atoms. The van der Waals surface area contributed by atoms with Crippen molar-refractivity contribution < 1.29 is 13.2 Å². The maximum absolute atomic E-state index is 12.8. The molecule has 0 aromatic carbocycles. The second-order valence-electron chi connectivity index (χ2n) is 4.85. The molecule has 1 aromatic heterocycles. The van der Waals surface area contributed by atoms with E-state index in [2.05, 4.69) is 20.6 Å². The van der Waals surface area contributed by atoms with Crippen LogP contribution in [0, 0.1) is 5.92 Å². The Hall–Kier alpha value is -1.53. The molecule has 2 unspecified atom stereocenters. The first-order valence-corrected chi connectivity index (χ1v) is 6.37. The molecule has 1 aliphatic carbocycles. The molecule has 0 saturated heterocycles. The summed E-state index contributed by atoms with van der Waals surface area (Å²) >= 11 is 0. The molecule has 2 rings (SSSR count). The Morgan fingerprint density at radius 1 is 1.37 bits per heavy atom. The van der Waals surface area contributed by atoms with E-state index in [-0.39, 0.29) is 17.8 Å². The molecule has 1 fully saturated rings. The molecule has 1 saturated carbocycles. The first-order valence-electron chi connectivity index (χ1n) is 6.37. The van der Waals surface area contributed by atoms with Crippen molar-refractivity contribution in [2.45, 2.75) is 38.9 Å². The van der Waals surface area contributed by atoms with Crippen LogP contribution in [0.15, 0.2) is 6.07 Å². The maximum atomic E-state index is 12.8. The third kappa shape index (κ3) is 3.71. The van der Waals surface area contributed by atoms with Crippen LogP contribution in [0.4, 0.5) is 24.9 Å². The van der Waals surface area contributed by atoms with Gasteiger partial charge >= 0.3 is 6.18 Å². The number of nitrogens with zero attached hydrogens (tertiary/aromatic N) is 2. The summed E-state index contributed by atoms with van der Waals surface area (Å²) in [5.41, 5.74) is -0.920. The minimum absolute atomic E-state index is 0.0208. The Kier molecular flexibility index (Phi) is 3.82. The van der Waals surface area contributed by atoms with Crippen molar-refractivity contribution in [3.05, 3.63) is 11.8 Å². The smallest absolute Gasteiger partial charge is 0.367 e. The lowest BCUT2D eigenvalue weighted by Crippen LogP contribution is -2.15. The Morgan fingerprint density at radius 3 is 2.58 bits per heavy atom. The first-order chi connectivity index (χ1) is 8.90. The summed E-state index contributed by atoms with van der Waals surface area (Å²) in [6.07, 6.45) is -2.71. The molecule has 0 bridgehead atoms. The summed E-state index contributed by atoms with van der Waals surface area (Å²) in [6.45, 7) is 4.51. The Balaban J connectivity index is 2.20. The van der Waals surface area contributed by atoms with E-state index in [1.165, 1.54) is 0 Å². The lowest BCUT2D eigenvalue weighted by molar-refractivity contribution is -0.141. The molecule has 19 heavy (non-hydrogen) atoms. The van der Waals surface area contributed by atoms with Crippen LogP contribution in [0.1, 0.15) is 32.4 Å². The van der Waals surface area contributed by atoms with Crippen molar-refractivity contribution in [1.82, 2.24) is 9.97 Å². The molecule has 7 heteroatoms. The average molecular weight is 274 g/mol. The molecule has 0 radical (unpaired) electrons. The number of hydrogen-bond acceptors (Lipinski definition) is 4. The summed E-state index contributed by atoms with van der Waals surface area (Å²) in [5, 5.41) is 5.79. The molecule has 1 aliphatic rings. The molecule has 0 aliphatic heterocycles. The van der Waals surface area contributed by atoms with Gasteiger partial charge in [0.2, 0.25) is 5.95 Å². The monoisotopic (exact) mass is 274 g/mol. The van der Waals surface area contributed by atoms with Gasteiger partial charge in [0, 0.05) is 18.7 Å². The van der Waals surface area contributed by atoms with Gasteiger partial charge in [-0.25, -0.2) is 4.98 Å². The highest BCUT2D eigenvalue weighted by atomic mass is 19.4. The van der Waals surface area contributed by atoms with E-state index in [1.54, 1.807) is 0 Å². The van der Waals surface area contributed by atoms with Crippen molar-refractivity contribution in [2.24, 2.45) is 5.92 Å². The minimum atomic E-state index is -4.46. The quantitative estimate of drug-likeness (QED) is 0.866. The maximum Gasteiger partial charge on any atom is 0.433 e. The SMILES string of the molecule is CCCNc1nc(NC2CC2C)cc(C(F)(F)F)n1. The van der Waals surface area contributed by atoms with Crippen LogP contribution in [0.2, 0.25) is 0 Å². The number of anilines is 2. The lowest BCUT2D eigenvalue weighted by atomic mass is 10.3. The second kappa shape index (κ2) is 5.22. The number of nitrogens with one attached hydrogen (secondary N) is 2. The number of hydrogen-bond donors (Lipinski definition) is 2. The Morgan fingerprint density at radius 2 is 2.05 bits per heavy atom. The fourth-order valence-corrected chi connectivity index (χ4v) is 1.70. The molecule has 106 valence electrons. The van der Waals surface area contributed by atoms with Gasteiger partial charge in [-0.05, 0) is 18.8 Å². The highest BCUT2D eigenvalue weighted by Crippen LogP contribution is 2.34. The largest absolute Gasteiger partial charge is 0.433 e. The molecular formula is C12H17F3N4. The predicted molar refractivity (Wildman–Crippen MR) is 67.0 cm³/mol. The van der Waals surface area contributed by atoms with Crippen LogP contribution in [-0.4, -0.2) is 22.6 Å². The van der Waals surface area contributed by atoms with Gasteiger partial charge in [-0.3, -0.25) is 0 Å². The van der Waals surface area contributed by atoms with E-state index in [4.69, 9.17) is 0 Å². The molecule has 1 heterocycles. The normalized spacial score (nSPS) is 22.2. The van der Waals surface area contributed by atoms with E-state index in [0.29, 0.717) is 12.5 Å². The van der Waals surface area contributed by atoms with Gasteiger partial charge in [0.1, 0.15) is 5.82 Å². The van der Waals surface area contributed by atoms with Gasteiger partial charge in [0.05, 0.1) is 0 Å². The summed E-state index contributed by atoms with van der Waals surface area (Å²) in [5.74, 6) is 0.735. The standard InChI is InChI=1S/C12H17F3N4/c1-3-4-16-11-18-9(12(13,14)15)6-10(19-11)17-8-5-7(8)2/h6-8H,3-5H2,1-2H3,(H2,16,17,18,19).